The topological polar surface area (TPSA) is 26.3 Å². The van der Waals surface area contributed by atoms with Gasteiger partial charge in [0.2, 0.25) is 0 Å². The molecule has 0 saturated carbocycles. The molecule has 0 atom stereocenters. The van der Waals surface area contributed by atoms with E-state index in [2.05, 4.69) is 4.74 Å². The first-order valence-electron chi connectivity index (χ1n) is 4.90. The van der Waals surface area contributed by atoms with E-state index >= 15 is 0 Å². The standard InChI is InChI=1S/C12H15FO2/c1-8(2)4-9-5-10(12(14)15-3)7-11(13)6-9/h5-8H,4H2,1-3H3. The Balaban J connectivity index is 2.99. The normalized spacial score (nSPS) is 10.5. The summed E-state index contributed by atoms with van der Waals surface area (Å²) in [6.07, 6.45) is 0.752. The van der Waals surface area contributed by atoms with Crippen molar-refractivity contribution in [2.24, 2.45) is 5.92 Å². The zero-order valence-electron chi connectivity index (χ0n) is 9.21. The van der Waals surface area contributed by atoms with Crippen LogP contribution in [0.4, 0.5) is 4.39 Å². The monoisotopic (exact) mass is 210 g/mol. The molecule has 0 radical (unpaired) electrons. The van der Waals surface area contributed by atoms with Crippen LogP contribution in [0.5, 0.6) is 0 Å². The van der Waals surface area contributed by atoms with Crippen molar-refractivity contribution in [3.63, 3.8) is 0 Å². The first-order valence-corrected chi connectivity index (χ1v) is 4.90. The molecular formula is C12H15FO2. The van der Waals surface area contributed by atoms with E-state index in [0.29, 0.717) is 5.92 Å². The summed E-state index contributed by atoms with van der Waals surface area (Å²) in [6.45, 7) is 4.09. The summed E-state index contributed by atoms with van der Waals surface area (Å²) < 4.78 is 17.7. The maximum absolute atomic E-state index is 13.2. The molecular weight excluding hydrogens is 195 g/mol. The van der Waals surface area contributed by atoms with Crippen LogP contribution in [0.2, 0.25) is 0 Å². The minimum Gasteiger partial charge on any atom is -0.465 e. The van der Waals surface area contributed by atoms with Crippen LogP contribution in [0.1, 0.15) is 29.8 Å². The molecule has 0 aliphatic rings. The third kappa shape index (κ3) is 3.35. The molecule has 1 aromatic carbocycles. The van der Waals surface area contributed by atoms with Gasteiger partial charge in [0.25, 0.3) is 0 Å². The number of carbonyl (C=O) groups is 1. The van der Waals surface area contributed by atoms with E-state index in [4.69, 9.17) is 0 Å². The maximum atomic E-state index is 13.2. The fourth-order valence-corrected chi connectivity index (χ4v) is 1.48. The van der Waals surface area contributed by atoms with Gasteiger partial charge < -0.3 is 4.74 Å². The van der Waals surface area contributed by atoms with Crippen LogP contribution < -0.4 is 0 Å². The van der Waals surface area contributed by atoms with Crippen LogP contribution in [0.25, 0.3) is 0 Å². The lowest BCUT2D eigenvalue weighted by Crippen LogP contribution is -2.04. The Hall–Kier alpha value is -1.38. The minimum absolute atomic E-state index is 0.271. The van der Waals surface area contributed by atoms with E-state index in [-0.39, 0.29) is 5.56 Å². The summed E-state index contributed by atoms with van der Waals surface area (Å²) in [7, 11) is 1.29. The summed E-state index contributed by atoms with van der Waals surface area (Å²) in [5.74, 6) is -0.467. The van der Waals surface area contributed by atoms with Crippen molar-refractivity contribution in [2.75, 3.05) is 7.11 Å². The van der Waals surface area contributed by atoms with Gasteiger partial charge in [0, 0.05) is 0 Å². The molecule has 0 aromatic heterocycles. The van der Waals surface area contributed by atoms with E-state index in [1.165, 1.54) is 19.2 Å². The molecule has 15 heavy (non-hydrogen) atoms. The van der Waals surface area contributed by atoms with Gasteiger partial charge in [0.15, 0.2) is 0 Å². The fourth-order valence-electron chi connectivity index (χ4n) is 1.48. The Labute approximate surface area is 89.1 Å². The molecule has 0 amide bonds. The molecule has 0 saturated heterocycles. The quantitative estimate of drug-likeness (QED) is 0.717. The number of esters is 1. The number of methoxy groups -OCH3 is 1. The van der Waals surface area contributed by atoms with Crippen molar-refractivity contribution in [3.8, 4) is 0 Å². The zero-order valence-corrected chi connectivity index (χ0v) is 9.21. The summed E-state index contributed by atoms with van der Waals surface area (Å²) in [4.78, 5) is 11.2. The number of carbonyl (C=O) groups excluding carboxylic acids is 1. The number of rotatable bonds is 3. The van der Waals surface area contributed by atoms with Gasteiger partial charge in [-0.1, -0.05) is 13.8 Å². The predicted molar refractivity (Wildman–Crippen MR) is 56.3 cm³/mol. The smallest absolute Gasteiger partial charge is 0.337 e. The molecule has 2 nitrogen and oxygen atoms in total. The third-order valence-corrected chi connectivity index (χ3v) is 2.02. The predicted octanol–water partition coefficient (Wildman–Crippen LogP) is 2.81. The van der Waals surface area contributed by atoms with Crippen molar-refractivity contribution in [1.29, 1.82) is 0 Å². The first kappa shape index (κ1) is 11.7. The second-order valence-electron chi connectivity index (χ2n) is 3.94. The van der Waals surface area contributed by atoms with E-state index in [9.17, 15) is 9.18 Å². The van der Waals surface area contributed by atoms with Crippen LogP contribution in [0.3, 0.4) is 0 Å². The Morgan fingerprint density at radius 3 is 2.60 bits per heavy atom. The third-order valence-electron chi connectivity index (χ3n) is 2.02. The zero-order chi connectivity index (χ0) is 11.4. The van der Waals surface area contributed by atoms with Crippen LogP contribution >= 0.6 is 0 Å². The number of benzene rings is 1. The molecule has 0 spiro atoms. The average molecular weight is 210 g/mol. The Kier molecular flexibility index (Phi) is 3.83. The van der Waals surface area contributed by atoms with Gasteiger partial charge in [-0.25, -0.2) is 9.18 Å². The van der Waals surface area contributed by atoms with Crippen molar-refractivity contribution < 1.29 is 13.9 Å². The lowest BCUT2D eigenvalue weighted by molar-refractivity contribution is 0.0600. The number of hydrogen-bond acceptors (Lipinski definition) is 2. The van der Waals surface area contributed by atoms with Crippen LogP contribution in [-0.2, 0) is 11.2 Å². The molecule has 0 aliphatic carbocycles. The SMILES string of the molecule is COC(=O)c1cc(F)cc(CC(C)C)c1. The van der Waals surface area contributed by atoms with Crippen LogP contribution in [0.15, 0.2) is 18.2 Å². The lowest BCUT2D eigenvalue weighted by atomic mass is 10.0. The molecule has 0 fully saturated rings. The van der Waals surface area contributed by atoms with E-state index < -0.39 is 11.8 Å². The van der Waals surface area contributed by atoms with Crippen molar-refractivity contribution in [3.05, 3.63) is 35.1 Å². The highest BCUT2D eigenvalue weighted by Gasteiger charge is 2.09. The van der Waals surface area contributed by atoms with E-state index in [1.807, 2.05) is 13.8 Å². The highest BCUT2D eigenvalue weighted by Crippen LogP contribution is 2.14. The van der Waals surface area contributed by atoms with Gasteiger partial charge in [-0.05, 0) is 36.1 Å². The Morgan fingerprint density at radius 1 is 1.40 bits per heavy atom. The molecule has 3 heteroatoms. The van der Waals surface area contributed by atoms with Gasteiger partial charge in [0.05, 0.1) is 12.7 Å². The fraction of sp³-hybridized carbons (Fsp3) is 0.417. The summed E-state index contributed by atoms with van der Waals surface area (Å²) >= 11 is 0. The molecule has 1 rings (SSSR count). The van der Waals surface area contributed by atoms with E-state index in [1.54, 1.807) is 6.07 Å². The second-order valence-corrected chi connectivity index (χ2v) is 3.94. The number of ether oxygens (including phenoxy) is 1. The number of hydrogen-bond donors (Lipinski definition) is 0. The summed E-state index contributed by atoms with van der Waals surface area (Å²) in [6, 6.07) is 4.32. The largest absolute Gasteiger partial charge is 0.465 e. The molecule has 82 valence electrons. The van der Waals surface area contributed by atoms with Crippen molar-refractivity contribution in [2.45, 2.75) is 20.3 Å². The van der Waals surface area contributed by atoms with Crippen molar-refractivity contribution >= 4 is 5.97 Å². The molecule has 0 heterocycles. The van der Waals surface area contributed by atoms with Crippen LogP contribution in [0, 0.1) is 11.7 Å². The number of halogens is 1. The Bertz CT molecular complexity index is 359. The van der Waals surface area contributed by atoms with Gasteiger partial charge in [-0.15, -0.1) is 0 Å². The highest BCUT2D eigenvalue weighted by atomic mass is 19.1. The molecule has 0 N–H and O–H groups in total. The maximum Gasteiger partial charge on any atom is 0.337 e. The van der Waals surface area contributed by atoms with Gasteiger partial charge in [-0.2, -0.15) is 0 Å². The first-order chi connectivity index (χ1) is 7.02. The summed E-state index contributed by atoms with van der Waals surface area (Å²) in [5, 5.41) is 0. The van der Waals surface area contributed by atoms with Crippen molar-refractivity contribution in [1.82, 2.24) is 0 Å². The Morgan fingerprint density at radius 2 is 2.07 bits per heavy atom. The van der Waals surface area contributed by atoms with Crippen LogP contribution in [-0.4, -0.2) is 13.1 Å². The molecule has 0 unspecified atom stereocenters. The molecule has 1 aromatic rings. The lowest BCUT2D eigenvalue weighted by Gasteiger charge is -2.07. The van der Waals surface area contributed by atoms with E-state index in [0.717, 1.165) is 12.0 Å². The minimum atomic E-state index is -0.500. The summed E-state index contributed by atoms with van der Waals surface area (Å²) in [5.41, 5.74) is 1.10. The average Bonchev–Trinajstić information content (AvgIpc) is 2.14. The van der Waals surface area contributed by atoms with Gasteiger partial charge >= 0.3 is 5.97 Å². The molecule has 0 aliphatic heterocycles. The highest BCUT2D eigenvalue weighted by molar-refractivity contribution is 5.89. The molecule has 0 bridgehead atoms. The van der Waals surface area contributed by atoms with Gasteiger partial charge in [0.1, 0.15) is 5.82 Å². The van der Waals surface area contributed by atoms with Gasteiger partial charge in [-0.3, -0.25) is 0 Å². The second kappa shape index (κ2) is 4.91.